The fraction of sp³-hybridized carbons (Fsp3) is 0.619. The highest BCUT2D eigenvalue weighted by Crippen LogP contribution is 2.37. The van der Waals surface area contributed by atoms with Crippen LogP contribution in [-0.4, -0.2) is 57.7 Å². The van der Waals surface area contributed by atoms with Gasteiger partial charge in [-0.3, -0.25) is 4.79 Å². The Morgan fingerprint density at radius 3 is 2.70 bits per heavy atom. The van der Waals surface area contributed by atoms with Gasteiger partial charge in [-0.15, -0.1) is 0 Å². The molecule has 0 bridgehead atoms. The average molecular weight is 370 g/mol. The van der Waals surface area contributed by atoms with Crippen molar-refractivity contribution in [2.45, 2.75) is 45.6 Å². The lowest BCUT2D eigenvalue weighted by Crippen LogP contribution is -2.31. The molecule has 1 unspecified atom stereocenters. The van der Waals surface area contributed by atoms with Crippen LogP contribution in [0.5, 0.6) is 0 Å². The van der Waals surface area contributed by atoms with Gasteiger partial charge in [0.15, 0.2) is 0 Å². The van der Waals surface area contributed by atoms with Gasteiger partial charge in [0, 0.05) is 38.8 Å². The zero-order valence-corrected chi connectivity index (χ0v) is 16.6. The second kappa shape index (κ2) is 6.82. The Morgan fingerprint density at radius 1 is 1.30 bits per heavy atom. The summed E-state index contributed by atoms with van der Waals surface area (Å²) in [5, 5.41) is 9.82. The van der Waals surface area contributed by atoms with Crippen LogP contribution in [0, 0.1) is 5.41 Å². The van der Waals surface area contributed by atoms with Gasteiger partial charge in [-0.2, -0.15) is 0 Å². The van der Waals surface area contributed by atoms with Gasteiger partial charge < -0.3 is 19.5 Å². The number of aryl methyl sites for hydroxylation is 1. The van der Waals surface area contributed by atoms with Crippen LogP contribution in [0.4, 0.5) is 5.95 Å². The summed E-state index contributed by atoms with van der Waals surface area (Å²) in [6.45, 7) is 7.59. The summed E-state index contributed by atoms with van der Waals surface area (Å²) in [7, 11) is 1.99. The maximum Gasteiger partial charge on any atom is 0.253 e. The number of aromatic nitrogens is 2. The number of aliphatic hydroxyl groups excluding tert-OH is 1. The Labute approximate surface area is 160 Å². The third-order valence-corrected chi connectivity index (χ3v) is 6.78. The van der Waals surface area contributed by atoms with E-state index < -0.39 is 0 Å². The SMILES string of the molecule is CCC1(CC)CCN(C(=O)c2ccc3c(c2)nc(N2CCC(O)C2)n3C)C1. The fourth-order valence-electron chi connectivity index (χ4n) is 4.64. The van der Waals surface area contributed by atoms with E-state index in [0.29, 0.717) is 6.54 Å². The smallest absolute Gasteiger partial charge is 0.253 e. The molecule has 2 fully saturated rings. The lowest BCUT2D eigenvalue weighted by Gasteiger charge is -2.26. The molecule has 27 heavy (non-hydrogen) atoms. The quantitative estimate of drug-likeness (QED) is 0.899. The van der Waals surface area contributed by atoms with Crippen molar-refractivity contribution in [3.8, 4) is 0 Å². The van der Waals surface area contributed by atoms with Gasteiger partial charge in [-0.25, -0.2) is 4.98 Å². The summed E-state index contributed by atoms with van der Waals surface area (Å²) in [6.07, 6.45) is 3.83. The van der Waals surface area contributed by atoms with Crippen molar-refractivity contribution in [2.24, 2.45) is 12.5 Å². The van der Waals surface area contributed by atoms with E-state index in [1.165, 1.54) is 0 Å². The number of carbonyl (C=O) groups excluding carboxylic acids is 1. The van der Waals surface area contributed by atoms with Crippen LogP contribution in [-0.2, 0) is 7.05 Å². The van der Waals surface area contributed by atoms with E-state index in [2.05, 4.69) is 23.3 Å². The molecule has 1 aromatic carbocycles. The van der Waals surface area contributed by atoms with Crippen LogP contribution in [0.3, 0.4) is 0 Å². The van der Waals surface area contributed by atoms with Crippen LogP contribution in [0.25, 0.3) is 11.0 Å². The maximum atomic E-state index is 13.0. The fourth-order valence-corrected chi connectivity index (χ4v) is 4.64. The molecule has 1 N–H and O–H groups in total. The first-order valence-corrected chi connectivity index (χ1v) is 10.1. The number of fused-ring (bicyclic) bond motifs is 1. The number of benzene rings is 1. The van der Waals surface area contributed by atoms with Crippen molar-refractivity contribution < 1.29 is 9.90 Å². The van der Waals surface area contributed by atoms with E-state index >= 15 is 0 Å². The van der Waals surface area contributed by atoms with Gasteiger partial charge in [0.05, 0.1) is 17.1 Å². The number of hydrogen-bond acceptors (Lipinski definition) is 4. The number of amides is 1. The van der Waals surface area contributed by atoms with Gasteiger partial charge in [0.25, 0.3) is 5.91 Å². The molecule has 1 atom stereocenters. The van der Waals surface area contributed by atoms with Crippen LogP contribution < -0.4 is 4.90 Å². The Morgan fingerprint density at radius 2 is 2.07 bits per heavy atom. The highest BCUT2D eigenvalue weighted by molar-refractivity contribution is 5.98. The summed E-state index contributed by atoms with van der Waals surface area (Å²) in [5.41, 5.74) is 2.86. The van der Waals surface area contributed by atoms with E-state index in [0.717, 1.165) is 67.9 Å². The number of β-amino-alcohol motifs (C(OH)–C–C–N with tert-alkyl or cyclic N) is 1. The minimum Gasteiger partial charge on any atom is -0.391 e. The van der Waals surface area contributed by atoms with E-state index in [4.69, 9.17) is 4.98 Å². The molecule has 2 saturated heterocycles. The number of imidazole rings is 1. The second-order valence-electron chi connectivity index (χ2n) is 8.25. The molecule has 2 aromatic rings. The number of hydrogen-bond donors (Lipinski definition) is 1. The minimum atomic E-state index is -0.283. The van der Waals surface area contributed by atoms with Crippen molar-refractivity contribution in [1.82, 2.24) is 14.5 Å². The number of likely N-dealkylation sites (tertiary alicyclic amines) is 1. The first-order valence-electron chi connectivity index (χ1n) is 10.1. The Hall–Kier alpha value is -2.08. The number of carbonyl (C=O) groups is 1. The van der Waals surface area contributed by atoms with Gasteiger partial charge in [-0.1, -0.05) is 13.8 Å². The number of aliphatic hydroxyl groups is 1. The Kier molecular flexibility index (Phi) is 4.62. The number of rotatable bonds is 4. The van der Waals surface area contributed by atoms with Gasteiger partial charge in [0.1, 0.15) is 0 Å². The molecule has 0 radical (unpaired) electrons. The number of anilines is 1. The molecule has 0 spiro atoms. The van der Waals surface area contributed by atoms with Gasteiger partial charge in [-0.05, 0) is 49.3 Å². The zero-order valence-electron chi connectivity index (χ0n) is 16.6. The average Bonchev–Trinajstić information content (AvgIpc) is 3.39. The third-order valence-electron chi connectivity index (χ3n) is 6.78. The molecule has 146 valence electrons. The molecule has 0 saturated carbocycles. The first kappa shape index (κ1) is 18.3. The molecule has 4 rings (SSSR count). The molecule has 1 amide bonds. The topological polar surface area (TPSA) is 61.6 Å². The molecule has 1 aromatic heterocycles. The maximum absolute atomic E-state index is 13.0. The van der Waals surface area contributed by atoms with Gasteiger partial charge >= 0.3 is 0 Å². The first-order chi connectivity index (χ1) is 13.0. The predicted octanol–water partition coefficient (Wildman–Crippen LogP) is 2.80. The van der Waals surface area contributed by atoms with E-state index in [1.54, 1.807) is 0 Å². The summed E-state index contributed by atoms with van der Waals surface area (Å²) in [5.74, 6) is 0.979. The zero-order chi connectivity index (χ0) is 19.2. The molecule has 2 aliphatic rings. The predicted molar refractivity (Wildman–Crippen MR) is 107 cm³/mol. The number of nitrogens with zero attached hydrogens (tertiary/aromatic N) is 4. The van der Waals surface area contributed by atoms with Crippen LogP contribution >= 0.6 is 0 Å². The minimum absolute atomic E-state index is 0.115. The monoisotopic (exact) mass is 370 g/mol. The van der Waals surface area contributed by atoms with E-state index in [9.17, 15) is 9.90 Å². The molecule has 2 aliphatic heterocycles. The van der Waals surface area contributed by atoms with Crippen molar-refractivity contribution in [3.63, 3.8) is 0 Å². The largest absolute Gasteiger partial charge is 0.391 e. The Bertz CT molecular complexity index is 855. The second-order valence-corrected chi connectivity index (χ2v) is 8.25. The highest BCUT2D eigenvalue weighted by Gasteiger charge is 2.37. The summed E-state index contributed by atoms with van der Waals surface area (Å²) >= 11 is 0. The van der Waals surface area contributed by atoms with Crippen LogP contribution in [0.15, 0.2) is 18.2 Å². The molecular weight excluding hydrogens is 340 g/mol. The highest BCUT2D eigenvalue weighted by atomic mass is 16.3. The van der Waals surface area contributed by atoms with Crippen LogP contribution in [0.2, 0.25) is 0 Å². The standard InChI is InChI=1S/C21H30N4O2/c1-4-21(5-2)9-11-25(14-21)19(27)15-6-7-18-17(12-15)22-20(23(18)3)24-10-8-16(26)13-24/h6-7,12,16,26H,4-5,8-11,13-14H2,1-3H3. The van der Waals surface area contributed by atoms with E-state index in [-0.39, 0.29) is 17.4 Å². The summed E-state index contributed by atoms with van der Waals surface area (Å²) < 4.78 is 2.05. The lowest BCUT2D eigenvalue weighted by molar-refractivity contribution is 0.0770. The summed E-state index contributed by atoms with van der Waals surface area (Å²) in [4.78, 5) is 21.9. The lowest BCUT2D eigenvalue weighted by atomic mass is 9.82. The van der Waals surface area contributed by atoms with Gasteiger partial charge in [0.2, 0.25) is 5.95 Å². The normalized spacial score (nSPS) is 22.1. The molecule has 0 aliphatic carbocycles. The third kappa shape index (κ3) is 3.10. The molecule has 6 nitrogen and oxygen atoms in total. The van der Waals surface area contributed by atoms with Crippen molar-refractivity contribution >= 4 is 22.9 Å². The Balaban J connectivity index is 1.59. The van der Waals surface area contributed by atoms with Crippen molar-refractivity contribution in [3.05, 3.63) is 23.8 Å². The van der Waals surface area contributed by atoms with Crippen molar-refractivity contribution in [1.29, 1.82) is 0 Å². The molecular formula is C21H30N4O2. The van der Waals surface area contributed by atoms with Crippen molar-refractivity contribution in [2.75, 3.05) is 31.1 Å². The molecule has 6 heteroatoms. The van der Waals surface area contributed by atoms with E-state index in [1.807, 2.05) is 30.1 Å². The van der Waals surface area contributed by atoms with Crippen LogP contribution in [0.1, 0.15) is 49.9 Å². The summed E-state index contributed by atoms with van der Waals surface area (Å²) in [6, 6.07) is 5.84. The molecule has 3 heterocycles.